The fraction of sp³-hybridized carbons (Fsp3) is 0.400. The van der Waals surface area contributed by atoms with Crippen molar-refractivity contribution in [1.82, 2.24) is 0 Å². The maximum atomic E-state index is 13.6. The molecule has 0 bridgehead atoms. The Balaban J connectivity index is 2.43. The van der Waals surface area contributed by atoms with Gasteiger partial charge in [0.15, 0.2) is 5.78 Å². The van der Waals surface area contributed by atoms with Gasteiger partial charge in [-0.2, -0.15) is 0 Å². The van der Waals surface area contributed by atoms with Gasteiger partial charge in [0, 0.05) is 24.3 Å². The van der Waals surface area contributed by atoms with E-state index < -0.39 is 0 Å². The molecule has 0 N–H and O–H groups in total. The molecule has 1 aromatic rings. The average Bonchev–Trinajstić information content (AvgIpc) is 2.33. The normalized spacial score (nSPS) is 15.6. The third-order valence-corrected chi connectivity index (χ3v) is 3.43. The molecule has 0 spiro atoms. The van der Waals surface area contributed by atoms with E-state index in [4.69, 9.17) is 0 Å². The van der Waals surface area contributed by atoms with Gasteiger partial charge in [-0.3, -0.25) is 4.79 Å². The molecule has 0 saturated carbocycles. The number of ketones is 1. The fourth-order valence-corrected chi connectivity index (χ4v) is 2.20. The smallest absolute Gasteiger partial charge is 0.161 e. The first-order chi connectivity index (χ1) is 8.49. The van der Waals surface area contributed by atoms with Crippen molar-refractivity contribution in [2.45, 2.75) is 27.2 Å². The van der Waals surface area contributed by atoms with Crippen LogP contribution < -0.4 is 4.90 Å². The van der Waals surface area contributed by atoms with Gasteiger partial charge >= 0.3 is 0 Å². The molecule has 1 aliphatic heterocycles. The monoisotopic (exact) mass is 247 g/mol. The minimum atomic E-state index is -0.312. The van der Waals surface area contributed by atoms with Gasteiger partial charge in [-0.05, 0) is 44.9 Å². The molecule has 2 nitrogen and oxygen atoms in total. The standard InChI is InChI=1S/C15H18FNO/c1-10-4-6-17(7-5-10)15-8-11(2)14(16)9-13(15)12(3)18/h4,8-9H,5-7H2,1-3H3. The van der Waals surface area contributed by atoms with E-state index in [-0.39, 0.29) is 11.6 Å². The van der Waals surface area contributed by atoms with Crippen LogP contribution in [0.3, 0.4) is 0 Å². The number of hydrogen-bond acceptors (Lipinski definition) is 2. The topological polar surface area (TPSA) is 20.3 Å². The third-order valence-electron chi connectivity index (χ3n) is 3.43. The zero-order valence-corrected chi connectivity index (χ0v) is 11.1. The second-order valence-corrected chi connectivity index (χ2v) is 4.92. The summed E-state index contributed by atoms with van der Waals surface area (Å²) in [6.45, 7) is 7.00. The Morgan fingerprint density at radius 2 is 2.06 bits per heavy atom. The van der Waals surface area contributed by atoms with Gasteiger partial charge in [-0.1, -0.05) is 11.6 Å². The summed E-state index contributed by atoms with van der Waals surface area (Å²) in [6.07, 6.45) is 3.15. The maximum Gasteiger partial charge on any atom is 0.161 e. The van der Waals surface area contributed by atoms with E-state index in [0.717, 1.165) is 25.2 Å². The van der Waals surface area contributed by atoms with Gasteiger partial charge in [0.05, 0.1) is 0 Å². The Hall–Kier alpha value is -1.64. The van der Waals surface area contributed by atoms with Crippen molar-refractivity contribution in [2.24, 2.45) is 0 Å². The van der Waals surface area contributed by atoms with Crippen LogP contribution in [0.15, 0.2) is 23.8 Å². The van der Waals surface area contributed by atoms with Crippen molar-refractivity contribution >= 4 is 11.5 Å². The van der Waals surface area contributed by atoms with E-state index in [1.807, 2.05) is 0 Å². The van der Waals surface area contributed by atoms with Gasteiger partial charge in [-0.15, -0.1) is 0 Å². The zero-order valence-electron chi connectivity index (χ0n) is 11.1. The van der Waals surface area contributed by atoms with Crippen molar-refractivity contribution in [1.29, 1.82) is 0 Å². The highest BCUT2D eigenvalue weighted by molar-refractivity contribution is 6.00. The highest BCUT2D eigenvalue weighted by Gasteiger charge is 2.18. The van der Waals surface area contributed by atoms with E-state index in [1.54, 1.807) is 13.0 Å². The Morgan fingerprint density at radius 1 is 1.33 bits per heavy atom. The van der Waals surface area contributed by atoms with Crippen molar-refractivity contribution in [3.8, 4) is 0 Å². The van der Waals surface area contributed by atoms with Crippen LogP contribution in [-0.2, 0) is 0 Å². The molecule has 0 aliphatic carbocycles. The molecule has 1 aliphatic rings. The first-order valence-corrected chi connectivity index (χ1v) is 6.20. The van der Waals surface area contributed by atoms with Crippen LogP contribution in [0.25, 0.3) is 0 Å². The molecule has 0 unspecified atom stereocenters. The highest BCUT2D eigenvalue weighted by atomic mass is 19.1. The number of halogens is 1. The molecular formula is C15H18FNO. The number of carbonyl (C=O) groups excluding carboxylic acids is 1. The van der Waals surface area contributed by atoms with Crippen molar-refractivity contribution < 1.29 is 9.18 Å². The lowest BCUT2D eigenvalue weighted by Crippen LogP contribution is -2.29. The number of hydrogen-bond donors (Lipinski definition) is 0. The summed E-state index contributed by atoms with van der Waals surface area (Å²) in [6, 6.07) is 3.14. The molecule has 0 fully saturated rings. The van der Waals surface area contributed by atoms with E-state index >= 15 is 0 Å². The van der Waals surface area contributed by atoms with Crippen LogP contribution in [0.2, 0.25) is 0 Å². The lowest BCUT2D eigenvalue weighted by molar-refractivity contribution is 0.101. The summed E-state index contributed by atoms with van der Waals surface area (Å²) in [5.41, 5.74) is 3.28. The first-order valence-electron chi connectivity index (χ1n) is 6.20. The molecule has 18 heavy (non-hydrogen) atoms. The van der Waals surface area contributed by atoms with Gasteiger partial charge in [-0.25, -0.2) is 4.39 Å². The summed E-state index contributed by atoms with van der Waals surface area (Å²) >= 11 is 0. The van der Waals surface area contributed by atoms with Crippen molar-refractivity contribution in [3.05, 3.63) is 40.7 Å². The molecular weight excluding hydrogens is 229 g/mol. The van der Waals surface area contributed by atoms with Gasteiger partial charge < -0.3 is 4.90 Å². The molecule has 0 radical (unpaired) electrons. The summed E-state index contributed by atoms with van der Waals surface area (Å²) in [5, 5.41) is 0. The first kappa shape index (κ1) is 12.8. The molecule has 0 aromatic heterocycles. The highest BCUT2D eigenvalue weighted by Crippen LogP contribution is 2.27. The summed E-state index contributed by atoms with van der Waals surface area (Å²) in [4.78, 5) is 13.8. The van der Waals surface area contributed by atoms with Crippen LogP contribution >= 0.6 is 0 Å². The second-order valence-electron chi connectivity index (χ2n) is 4.92. The van der Waals surface area contributed by atoms with Crippen LogP contribution in [0.1, 0.15) is 36.2 Å². The number of anilines is 1. The maximum absolute atomic E-state index is 13.6. The largest absolute Gasteiger partial charge is 0.367 e. The number of rotatable bonds is 2. The second kappa shape index (κ2) is 4.92. The molecule has 0 atom stereocenters. The summed E-state index contributed by atoms with van der Waals surface area (Å²) < 4.78 is 13.6. The van der Waals surface area contributed by atoms with Crippen LogP contribution in [0, 0.1) is 12.7 Å². The van der Waals surface area contributed by atoms with Crippen molar-refractivity contribution in [2.75, 3.05) is 18.0 Å². The van der Waals surface area contributed by atoms with E-state index in [1.165, 1.54) is 18.6 Å². The van der Waals surface area contributed by atoms with Crippen LogP contribution in [0.5, 0.6) is 0 Å². The molecule has 2 rings (SSSR count). The minimum Gasteiger partial charge on any atom is -0.367 e. The molecule has 0 amide bonds. The van der Waals surface area contributed by atoms with E-state index in [9.17, 15) is 9.18 Å². The number of carbonyl (C=O) groups is 1. The molecule has 96 valence electrons. The van der Waals surface area contributed by atoms with Crippen LogP contribution in [-0.4, -0.2) is 18.9 Å². The van der Waals surface area contributed by atoms with Gasteiger partial charge in [0.25, 0.3) is 0 Å². The predicted molar refractivity (Wildman–Crippen MR) is 71.7 cm³/mol. The quantitative estimate of drug-likeness (QED) is 0.589. The predicted octanol–water partition coefficient (Wildman–Crippen LogP) is 3.49. The Morgan fingerprint density at radius 3 is 2.61 bits per heavy atom. The number of nitrogens with zero attached hydrogens (tertiary/aromatic N) is 1. The van der Waals surface area contributed by atoms with Crippen LogP contribution in [0.4, 0.5) is 10.1 Å². The van der Waals surface area contributed by atoms with Gasteiger partial charge in [0.1, 0.15) is 5.82 Å². The van der Waals surface area contributed by atoms with Gasteiger partial charge in [0.2, 0.25) is 0 Å². The fourth-order valence-electron chi connectivity index (χ4n) is 2.20. The molecule has 1 heterocycles. The molecule has 1 aromatic carbocycles. The average molecular weight is 247 g/mol. The third kappa shape index (κ3) is 2.45. The Labute approximate surface area is 107 Å². The van der Waals surface area contributed by atoms with Crippen molar-refractivity contribution in [3.63, 3.8) is 0 Å². The lowest BCUT2D eigenvalue weighted by Gasteiger charge is -2.29. The minimum absolute atomic E-state index is 0.0878. The summed E-state index contributed by atoms with van der Waals surface area (Å²) in [5.74, 6) is -0.400. The summed E-state index contributed by atoms with van der Waals surface area (Å²) in [7, 11) is 0. The van der Waals surface area contributed by atoms with E-state index in [0.29, 0.717) is 11.1 Å². The number of aryl methyl sites for hydroxylation is 1. The molecule has 0 saturated heterocycles. The SMILES string of the molecule is CC(=O)c1cc(F)c(C)cc1N1CC=C(C)CC1. The number of Topliss-reactive ketones (excluding diaryl/α,β-unsaturated/α-hetero) is 1. The lowest BCUT2D eigenvalue weighted by atomic mass is 10.0. The number of benzene rings is 1. The Kier molecular flexibility index (Phi) is 3.50. The molecule has 3 heteroatoms. The Bertz CT molecular complexity index is 519. The van der Waals surface area contributed by atoms with E-state index in [2.05, 4.69) is 17.9 Å². The zero-order chi connectivity index (χ0) is 13.3.